The van der Waals surface area contributed by atoms with Gasteiger partial charge in [0.25, 0.3) is 5.56 Å². The van der Waals surface area contributed by atoms with Crippen molar-refractivity contribution in [2.45, 2.75) is 33.7 Å². The van der Waals surface area contributed by atoms with Crippen LogP contribution < -0.4 is 16.0 Å². The number of imidazole rings is 1. The number of ether oxygens (including phenoxy) is 1. The third kappa shape index (κ3) is 3.01. The third-order valence-corrected chi connectivity index (χ3v) is 5.33. The molecule has 30 heavy (non-hydrogen) atoms. The maximum absolute atomic E-state index is 13.0. The molecule has 0 aliphatic carbocycles. The SMILES string of the molecule is CCOc1ccc(-c2nnc3n(CCC(C)C)c4c(=O)n(C)c(=O)n(C)c4n23)cc1. The molecule has 4 aromatic rings. The monoisotopic (exact) mass is 410 g/mol. The fraction of sp³-hybridized carbons (Fsp3) is 0.429. The normalized spacial score (nSPS) is 11.8. The number of hydrogen-bond acceptors (Lipinski definition) is 5. The molecule has 0 N–H and O–H groups in total. The van der Waals surface area contributed by atoms with Crippen LogP contribution >= 0.6 is 0 Å². The minimum Gasteiger partial charge on any atom is -0.494 e. The molecule has 3 aromatic heterocycles. The van der Waals surface area contributed by atoms with Crippen molar-refractivity contribution < 1.29 is 4.74 Å². The van der Waals surface area contributed by atoms with E-state index in [1.807, 2.05) is 35.8 Å². The lowest BCUT2D eigenvalue weighted by molar-refractivity contribution is 0.340. The van der Waals surface area contributed by atoms with Gasteiger partial charge in [0.05, 0.1) is 6.61 Å². The molecule has 0 spiro atoms. The highest BCUT2D eigenvalue weighted by atomic mass is 16.5. The zero-order chi connectivity index (χ0) is 21.6. The van der Waals surface area contributed by atoms with E-state index in [4.69, 9.17) is 4.74 Å². The van der Waals surface area contributed by atoms with Crippen LogP contribution in [0.4, 0.5) is 0 Å². The number of benzene rings is 1. The summed E-state index contributed by atoms with van der Waals surface area (Å²) in [4.78, 5) is 25.7. The molecule has 0 aliphatic rings. The molecule has 0 saturated heterocycles. The van der Waals surface area contributed by atoms with Gasteiger partial charge in [-0.2, -0.15) is 0 Å². The molecule has 0 bridgehead atoms. The van der Waals surface area contributed by atoms with Gasteiger partial charge in [-0.25, -0.2) is 9.20 Å². The number of hydrogen-bond donors (Lipinski definition) is 0. The molecule has 0 radical (unpaired) electrons. The molecule has 0 amide bonds. The van der Waals surface area contributed by atoms with E-state index in [9.17, 15) is 9.59 Å². The highest BCUT2D eigenvalue weighted by molar-refractivity contribution is 5.79. The quantitative estimate of drug-likeness (QED) is 0.486. The van der Waals surface area contributed by atoms with Crippen LogP contribution in [0.25, 0.3) is 28.3 Å². The van der Waals surface area contributed by atoms with Crippen LogP contribution in [0.2, 0.25) is 0 Å². The van der Waals surface area contributed by atoms with Crippen molar-refractivity contribution in [1.82, 2.24) is 28.3 Å². The average molecular weight is 410 g/mol. The Labute approximate surface area is 173 Å². The van der Waals surface area contributed by atoms with Gasteiger partial charge in [-0.3, -0.25) is 13.9 Å². The summed E-state index contributed by atoms with van der Waals surface area (Å²) >= 11 is 0. The molecule has 9 nitrogen and oxygen atoms in total. The molecule has 3 heterocycles. The van der Waals surface area contributed by atoms with Gasteiger partial charge < -0.3 is 9.30 Å². The maximum atomic E-state index is 13.0. The Bertz CT molecular complexity index is 1340. The number of aryl methyl sites for hydroxylation is 2. The van der Waals surface area contributed by atoms with Gasteiger partial charge >= 0.3 is 5.69 Å². The number of nitrogens with zero attached hydrogens (tertiary/aromatic N) is 6. The number of rotatable bonds is 6. The van der Waals surface area contributed by atoms with E-state index in [0.717, 1.165) is 22.3 Å². The van der Waals surface area contributed by atoms with E-state index in [0.29, 0.717) is 41.8 Å². The van der Waals surface area contributed by atoms with Crippen LogP contribution in [0, 0.1) is 5.92 Å². The molecule has 0 saturated carbocycles. The molecule has 0 aliphatic heterocycles. The van der Waals surface area contributed by atoms with E-state index >= 15 is 0 Å². The molecular formula is C21H26N6O3. The second kappa shape index (κ2) is 7.47. The van der Waals surface area contributed by atoms with Crippen molar-refractivity contribution in [3.63, 3.8) is 0 Å². The Hall–Kier alpha value is -3.36. The van der Waals surface area contributed by atoms with Gasteiger partial charge in [0.2, 0.25) is 5.78 Å². The standard InChI is InChI=1S/C21H26N6O3/c1-6-30-15-9-7-14(8-10-15)17-22-23-20-26(12-11-13(2)3)16-18(27(17)20)24(4)21(29)25(5)19(16)28/h7-10,13H,6,11-12H2,1-5H3. The molecular weight excluding hydrogens is 384 g/mol. The summed E-state index contributed by atoms with van der Waals surface area (Å²) in [6.07, 6.45) is 0.872. The zero-order valence-corrected chi connectivity index (χ0v) is 17.9. The van der Waals surface area contributed by atoms with Crippen molar-refractivity contribution in [3.8, 4) is 17.1 Å². The summed E-state index contributed by atoms with van der Waals surface area (Å²) < 4.78 is 11.8. The molecule has 9 heteroatoms. The Morgan fingerprint density at radius 2 is 1.73 bits per heavy atom. The minimum atomic E-state index is -0.387. The Kier molecular flexibility index (Phi) is 4.97. The molecule has 0 fully saturated rings. The largest absolute Gasteiger partial charge is 0.494 e. The van der Waals surface area contributed by atoms with Crippen LogP contribution in [0.5, 0.6) is 5.75 Å². The average Bonchev–Trinajstić information content (AvgIpc) is 3.28. The first-order chi connectivity index (χ1) is 14.3. The number of aromatic nitrogens is 6. The topological polar surface area (TPSA) is 88.3 Å². The highest BCUT2D eigenvalue weighted by Gasteiger charge is 2.24. The Balaban J connectivity index is 2.05. The van der Waals surface area contributed by atoms with Gasteiger partial charge in [-0.1, -0.05) is 13.8 Å². The molecule has 1 aromatic carbocycles. The van der Waals surface area contributed by atoms with Crippen molar-refractivity contribution in [2.75, 3.05) is 6.61 Å². The maximum Gasteiger partial charge on any atom is 0.332 e. The first-order valence-corrected chi connectivity index (χ1v) is 10.1. The summed E-state index contributed by atoms with van der Waals surface area (Å²) in [7, 11) is 3.16. The molecule has 158 valence electrons. The Morgan fingerprint density at radius 3 is 2.37 bits per heavy atom. The summed E-state index contributed by atoms with van der Waals surface area (Å²) in [5, 5.41) is 8.78. The Morgan fingerprint density at radius 1 is 1.03 bits per heavy atom. The first-order valence-electron chi connectivity index (χ1n) is 10.1. The van der Waals surface area contributed by atoms with Crippen LogP contribution in [-0.2, 0) is 20.6 Å². The summed E-state index contributed by atoms with van der Waals surface area (Å²) in [5.74, 6) is 2.34. The lowest BCUT2D eigenvalue weighted by Crippen LogP contribution is -2.37. The third-order valence-electron chi connectivity index (χ3n) is 5.33. The van der Waals surface area contributed by atoms with E-state index in [-0.39, 0.29) is 11.2 Å². The second-order valence-corrected chi connectivity index (χ2v) is 7.83. The first kappa shape index (κ1) is 19.9. The van der Waals surface area contributed by atoms with Crippen LogP contribution in [0.3, 0.4) is 0 Å². The van der Waals surface area contributed by atoms with E-state index in [2.05, 4.69) is 24.0 Å². The van der Waals surface area contributed by atoms with Crippen molar-refractivity contribution in [1.29, 1.82) is 0 Å². The summed E-state index contributed by atoms with van der Waals surface area (Å²) in [5.41, 5.74) is 1.05. The fourth-order valence-electron chi connectivity index (χ4n) is 3.71. The van der Waals surface area contributed by atoms with Crippen LogP contribution in [0.15, 0.2) is 33.9 Å². The lowest BCUT2D eigenvalue weighted by atomic mass is 10.1. The van der Waals surface area contributed by atoms with Crippen molar-refractivity contribution in [2.24, 2.45) is 20.0 Å². The summed E-state index contributed by atoms with van der Waals surface area (Å²) in [6.45, 7) is 7.39. The van der Waals surface area contributed by atoms with Crippen molar-refractivity contribution in [3.05, 3.63) is 45.1 Å². The zero-order valence-electron chi connectivity index (χ0n) is 17.9. The van der Waals surface area contributed by atoms with Crippen LogP contribution in [0.1, 0.15) is 27.2 Å². The lowest BCUT2D eigenvalue weighted by Gasteiger charge is -2.08. The van der Waals surface area contributed by atoms with E-state index in [1.165, 1.54) is 11.6 Å². The van der Waals surface area contributed by atoms with Gasteiger partial charge in [0, 0.05) is 26.2 Å². The van der Waals surface area contributed by atoms with Gasteiger partial charge in [-0.15, -0.1) is 10.2 Å². The van der Waals surface area contributed by atoms with Gasteiger partial charge in [0.1, 0.15) is 5.75 Å². The van der Waals surface area contributed by atoms with Gasteiger partial charge in [0.15, 0.2) is 17.0 Å². The molecule has 4 rings (SSSR count). The fourth-order valence-corrected chi connectivity index (χ4v) is 3.71. The highest BCUT2D eigenvalue weighted by Crippen LogP contribution is 2.26. The molecule has 0 unspecified atom stereocenters. The molecule has 0 atom stereocenters. The van der Waals surface area contributed by atoms with Crippen LogP contribution in [-0.4, -0.2) is 34.9 Å². The van der Waals surface area contributed by atoms with Gasteiger partial charge in [-0.05, 0) is 43.5 Å². The second-order valence-electron chi connectivity index (χ2n) is 7.83. The van der Waals surface area contributed by atoms with E-state index in [1.54, 1.807) is 11.4 Å². The van der Waals surface area contributed by atoms with Crippen molar-refractivity contribution >= 4 is 16.9 Å². The summed E-state index contributed by atoms with van der Waals surface area (Å²) in [6, 6.07) is 7.54. The van der Waals surface area contributed by atoms with E-state index < -0.39 is 0 Å². The number of fused-ring (bicyclic) bond motifs is 3. The smallest absolute Gasteiger partial charge is 0.332 e. The predicted molar refractivity (Wildman–Crippen MR) is 115 cm³/mol. The predicted octanol–water partition coefficient (Wildman–Crippen LogP) is 2.19. The minimum absolute atomic E-state index is 0.333.